The topological polar surface area (TPSA) is 30.0 Å². The molecule has 2 nitrogen and oxygen atoms in total. The largest absolute Gasteiger partial charge is 0.294 e. The van der Waals surface area contributed by atoms with Crippen LogP contribution < -0.4 is 0 Å². The van der Waals surface area contributed by atoms with E-state index in [2.05, 4.69) is 29.2 Å². The third-order valence-corrected chi connectivity index (χ3v) is 4.30. The first-order valence-corrected chi connectivity index (χ1v) is 7.34. The van der Waals surface area contributed by atoms with E-state index in [0.29, 0.717) is 22.9 Å². The second kappa shape index (κ2) is 5.76. The molecule has 2 aromatic rings. The van der Waals surface area contributed by atoms with Gasteiger partial charge in [0.1, 0.15) is 0 Å². The number of rotatable bonds is 3. The molecule has 1 aliphatic rings. The number of Topliss-reactive ketones (excluding diaryl/α,β-unsaturated/α-hetero) is 1. The van der Waals surface area contributed by atoms with E-state index in [9.17, 15) is 4.79 Å². The number of hydrogen-bond acceptors (Lipinski definition) is 2. The highest BCUT2D eigenvalue weighted by Gasteiger charge is 2.23. The van der Waals surface area contributed by atoms with Crippen LogP contribution in [0.25, 0.3) is 0 Å². The summed E-state index contributed by atoms with van der Waals surface area (Å²) in [4.78, 5) is 16.4. The number of carbonyl (C=O) groups excluding carboxylic acids is 1. The maximum absolute atomic E-state index is 12.4. The van der Waals surface area contributed by atoms with Gasteiger partial charge in [0.25, 0.3) is 0 Å². The zero-order chi connectivity index (χ0) is 13.9. The van der Waals surface area contributed by atoms with Gasteiger partial charge in [0, 0.05) is 24.4 Å². The predicted molar refractivity (Wildman–Crippen MR) is 80.3 cm³/mol. The Morgan fingerprint density at radius 2 is 2.15 bits per heavy atom. The fourth-order valence-electron chi connectivity index (χ4n) is 3.00. The monoisotopic (exact) mass is 285 g/mol. The van der Waals surface area contributed by atoms with Crippen molar-refractivity contribution in [1.82, 2.24) is 4.98 Å². The molecule has 1 atom stereocenters. The molecule has 20 heavy (non-hydrogen) atoms. The molecule has 102 valence electrons. The fraction of sp³-hybridized carbons (Fsp3) is 0.294. The van der Waals surface area contributed by atoms with E-state index in [1.807, 2.05) is 0 Å². The summed E-state index contributed by atoms with van der Waals surface area (Å²) in [6.07, 6.45) is 7.03. The zero-order valence-corrected chi connectivity index (χ0v) is 11.9. The summed E-state index contributed by atoms with van der Waals surface area (Å²) in [6, 6.07) is 10.2. The molecule has 0 radical (unpaired) electrons. The molecule has 0 saturated heterocycles. The molecule has 3 heteroatoms. The first kappa shape index (κ1) is 13.3. The predicted octanol–water partition coefficient (Wildman–Crippen LogP) is 4.43. The molecule has 0 aliphatic heterocycles. The highest BCUT2D eigenvalue weighted by atomic mass is 35.5. The molecule has 3 rings (SSSR count). The SMILES string of the molecule is O=C(CC1CCCc2ccccc21)c1ccncc1Cl. The van der Waals surface area contributed by atoms with Gasteiger partial charge in [-0.2, -0.15) is 0 Å². The Kier molecular flexibility index (Phi) is 3.83. The molecule has 1 aromatic carbocycles. The van der Waals surface area contributed by atoms with E-state index in [0.717, 1.165) is 19.3 Å². The van der Waals surface area contributed by atoms with Crippen molar-refractivity contribution < 1.29 is 4.79 Å². The van der Waals surface area contributed by atoms with Crippen molar-refractivity contribution >= 4 is 17.4 Å². The van der Waals surface area contributed by atoms with Crippen molar-refractivity contribution in [2.45, 2.75) is 31.6 Å². The van der Waals surface area contributed by atoms with Crippen LogP contribution in [0.1, 0.15) is 46.7 Å². The summed E-state index contributed by atoms with van der Waals surface area (Å²) < 4.78 is 0. The first-order chi connectivity index (χ1) is 9.75. The lowest BCUT2D eigenvalue weighted by molar-refractivity contribution is 0.0971. The lowest BCUT2D eigenvalue weighted by Crippen LogP contribution is -2.14. The van der Waals surface area contributed by atoms with Gasteiger partial charge >= 0.3 is 0 Å². The minimum atomic E-state index is 0.110. The molecular weight excluding hydrogens is 270 g/mol. The number of fused-ring (bicyclic) bond motifs is 1. The van der Waals surface area contributed by atoms with Gasteiger partial charge in [-0.15, -0.1) is 0 Å². The smallest absolute Gasteiger partial charge is 0.165 e. The Morgan fingerprint density at radius 3 is 3.00 bits per heavy atom. The van der Waals surface area contributed by atoms with Crippen LogP contribution in [-0.4, -0.2) is 10.8 Å². The van der Waals surface area contributed by atoms with Gasteiger partial charge in [-0.25, -0.2) is 0 Å². The molecule has 1 aliphatic carbocycles. The average Bonchev–Trinajstić information content (AvgIpc) is 2.48. The molecule has 1 aromatic heterocycles. The molecule has 0 N–H and O–H groups in total. The van der Waals surface area contributed by atoms with Crippen LogP contribution in [0.5, 0.6) is 0 Å². The van der Waals surface area contributed by atoms with Crippen molar-refractivity contribution in [1.29, 1.82) is 0 Å². The Morgan fingerprint density at radius 1 is 1.30 bits per heavy atom. The number of benzene rings is 1. The minimum absolute atomic E-state index is 0.110. The van der Waals surface area contributed by atoms with Crippen molar-refractivity contribution in [3.63, 3.8) is 0 Å². The lowest BCUT2D eigenvalue weighted by Gasteiger charge is -2.25. The number of ketones is 1. The first-order valence-electron chi connectivity index (χ1n) is 6.96. The van der Waals surface area contributed by atoms with Crippen LogP contribution in [0.15, 0.2) is 42.7 Å². The van der Waals surface area contributed by atoms with Crippen molar-refractivity contribution in [2.24, 2.45) is 0 Å². The maximum Gasteiger partial charge on any atom is 0.165 e. The van der Waals surface area contributed by atoms with Crippen LogP contribution in [0.2, 0.25) is 5.02 Å². The maximum atomic E-state index is 12.4. The summed E-state index contributed by atoms with van der Waals surface area (Å²) in [6.45, 7) is 0. The normalized spacial score (nSPS) is 17.6. The molecule has 1 unspecified atom stereocenters. The van der Waals surface area contributed by atoms with Crippen molar-refractivity contribution in [3.8, 4) is 0 Å². The van der Waals surface area contributed by atoms with Crippen molar-refractivity contribution in [3.05, 3.63) is 64.4 Å². The van der Waals surface area contributed by atoms with Crippen LogP contribution >= 0.6 is 11.6 Å². The van der Waals surface area contributed by atoms with E-state index < -0.39 is 0 Å². The van der Waals surface area contributed by atoms with E-state index in [1.54, 1.807) is 12.3 Å². The molecule has 0 fully saturated rings. The van der Waals surface area contributed by atoms with Crippen molar-refractivity contribution in [2.75, 3.05) is 0 Å². The number of aromatic nitrogens is 1. The van der Waals surface area contributed by atoms with E-state index in [4.69, 9.17) is 11.6 Å². The van der Waals surface area contributed by atoms with Crippen LogP contribution in [0, 0.1) is 0 Å². The summed E-state index contributed by atoms with van der Waals surface area (Å²) in [5, 5.41) is 0.446. The number of aryl methyl sites for hydroxylation is 1. The van der Waals surface area contributed by atoms with Gasteiger partial charge in [0.15, 0.2) is 5.78 Å². The van der Waals surface area contributed by atoms with Gasteiger partial charge in [0.2, 0.25) is 0 Å². The number of hydrogen-bond donors (Lipinski definition) is 0. The number of pyridine rings is 1. The van der Waals surface area contributed by atoms with Crippen LogP contribution in [0.3, 0.4) is 0 Å². The number of nitrogens with zero attached hydrogens (tertiary/aromatic N) is 1. The minimum Gasteiger partial charge on any atom is -0.294 e. The summed E-state index contributed by atoms with van der Waals surface area (Å²) in [7, 11) is 0. The third-order valence-electron chi connectivity index (χ3n) is 4.00. The molecule has 0 amide bonds. The Bertz CT molecular complexity index is 638. The molecule has 0 saturated carbocycles. The summed E-state index contributed by atoms with van der Waals surface area (Å²) >= 11 is 6.05. The van der Waals surface area contributed by atoms with E-state index >= 15 is 0 Å². The van der Waals surface area contributed by atoms with Gasteiger partial charge in [-0.3, -0.25) is 9.78 Å². The molecule has 1 heterocycles. The summed E-state index contributed by atoms with van der Waals surface area (Å²) in [5.41, 5.74) is 3.30. The molecule has 0 bridgehead atoms. The Hall–Kier alpha value is -1.67. The van der Waals surface area contributed by atoms with Gasteiger partial charge in [-0.1, -0.05) is 35.9 Å². The third kappa shape index (κ3) is 2.61. The number of carbonyl (C=O) groups is 1. The summed E-state index contributed by atoms with van der Waals surface area (Å²) in [5.74, 6) is 0.427. The highest BCUT2D eigenvalue weighted by molar-refractivity contribution is 6.33. The number of halogens is 1. The average molecular weight is 286 g/mol. The van der Waals surface area contributed by atoms with Crippen LogP contribution in [0.4, 0.5) is 0 Å². The second-order valence-electron chi connectivity index (χ2n) is 5.27. The Labute approximate surface area is 123 Å². The van der Waals surface area contributed by atoms with E-state index in [1.165, 1.54) is 17.3 Å². The van der Waals surface area contributed by atoms with Gasteiger partial charge < -0.3 is 0 Å². The van der Waals surface area contributed by atoms with Crippen LogP contribution in [-0.2, 0) is 6.42 Å². The lowest BCUT2D eigenvalue weighted by atomic mass is 9.80. The van der Waals surface area contributed by atoms with Gasteiger partial charge in [-0.05, 0) is 42.4 Å². The van der Waals surface area contributed by atoms with Gasteiger partial charge in [0.05, 0.1) is 5.02 Å². The highest BCUT2D eigenvalue weighted by Crippen LogP contribution is 2.35. The van der Waals surface area contributed by atoms with E-state index in [-0.39, 0.29) is 5.78 Å². The second-order valence-corrected chi connectivity index (χ2v) is 5.68. The Balaban J connectivity index is 1.83. The zero-order valence-electron chi connectivity index (χ0n) is 11.2. The fourth-order valence-corrected chi connectivity index (χ4v) is 3.23. The standard InChI is InChI=1S/C17H16ClNO/c18-16-11-19-9-8-15(16)17(20)10-13-6-3-5-12-4-1-2-7-14(12)13/h1-2,4,7-9,11,13H,3,5-6,10H2. The molecular formula is C17H16ClNO. The molecule has 0 spiro atoms. The quantitative estimate of drug-likeness (QED) is 0.781.